The number of fused-ring (bicyclic) bond motifs is 1. The van der Waals surface area contributed by atoms with Crippen LogP contribution in [0, 0.1) is 0 Å². The lowest BCUT2D eigenvalue weighted by Gasteiger charge is -2.08. The quantitative estimate of drug-likeness (QED) is 0.246. The summed E-state index contributed by atoms with van der Waals surface area (Å²) in [5, 5.41) is 11.4. The van der Waals surface area contributed by atoms with Crippen LogP contribution in [0.25, 0.3) is 33.3 Å². The summed E-state index contributed by atoms with van der Waals surface area (Å²) >= 11 is 0. The summed E-state index contributed by atoms with van der Waals surface area (Å²) < 4.78 is 19.8. The third-order valence-corrected chi connectivity index (χ3v) is 6.84. The Balaban J connectivity index is 1.05. The molecular formula is C32H32N6O2+2. The van der Waals surface area contributed by atoms with Gasteiger partial charge < -0.3 is 9.47 Å². The Morgan fingerprint density at radius 2 is 1.02 bits per heavy atom. The van der Waals surface area contributed by atoms with Gasteiger partial charge in [-0.25, -0.2) is 0 Å². The number of benzene rings is 4. The summed E-state index contributed by atoms with van der Waals surface area (Å²) in [6.07, 6.45) is 4.10. The van der Waals surface area contributed by atoms with Gasteiger partial charge in [0.1, 0.15) is 51.9 Å². The van der Waals surface area contributed by atoms with Gasteiger partial charge in [-0.15, -0.1) is 18.7 Å². The van der Waals surface area contributed by atoms with Gasteiger partial charge in [0.05, 0.1) is 10.4 Å². The minimum Gasteiger partial charge on any atom is -0.489 e. The molecule has 0 saturated heterocycles. The average molecular weight is 533 g/mol. The maximum Gasteiger partial charge on any atom is 0.197 e. The molecule has 0 fully saturated rings. The molecule has 0 aliphatic rings. The fraction of sp³-hybridized carbons (Fsp3) is 0.188. The number of hydrogen-bond acceptors (Lipinski definition) is 4. The SMILES string of the molecule is Cn1n[n+](CCOc2ccc3ccc(OCC[n+]4cc(-c5ccccc5)n(C)n4)cc3c2)cc1-c1ccccc1. The molecule has 8 nitrogen and oxygen atoms in total. The lowest BCUT2D eigenvalue weighted by molar-refractivity contribution is -0.755. The lowest BCUT2D eigenvalue weighted by atomic mass is 10.1. The van der Waals surface area contributed by atoms with Crippen LogP contribution in [0.4, 0.5) is 0 Å². The first-order chi connectivity index (χ1) is 19.6. The van der Waals surface area contributed by atoms with Crippen molar-refractivity contribution in [1.29, 1.82) is 0 Å². The average Bonchev–Trinajstić information content (AvgIpc) is 3.55. The summed E-state index contributed by atoms with van der Waals surface area (Å²) in [4.78, 5) is 0. The molecule has 0 bridgehead atoms. The molecule has 0 unspecified atom stereocenters. The predicted octanol–water partition coefficient (Wildman–Crippen LogP) is 4.37. The third-order valence-electron chi connectivity index (χ3n) is 6.84. The van der Waals surface area contributed by atoms with Crippen molar-refractivity contribution in [3.05, 3.63) is 109 Å². The highest BCUT2D eigenvalue weighted by Crippen LogP contribution is 2.25. The molecule has 6 rings (SSSR count). The van der Waals surface area contributed by atoms with E-state index in [9.17, 15) is 0 Å². The second-order valence-electron chi connectivity index (χ2n) is 9.68. The Labute approximate surface area is 233 Å². The summed E-state index contributed by atoms with van der Waals surface area (Å²) in [6.45, 7) is 2.34. The molecule has 4 aromatic carbocycles. The Hall–Kier alpha value is -4.98. The van der Waals surface area contributed by atoms with Crippen LogP contribution in [0.3, 0.4) is 0 Å². The fourth-order valence-corrected chi connectivity index (χ4v) is 4.80. The number of rotatable bonds is 10. The number of hydrogen-bond donors (Lipinski definition) is 0. The van der Waals surface area contributed by atoms with E-state index in [4.69, 9.17) is 9.47 Å². The summed E-state index contributed by atoms with van der Waals surface area (Å²) in [7, 11) is 3.92. The molecule has 6 aromatic rings. The van der Waals surface area contributed by atoms with Crippen molar-refractivity contribution in [2.24, 2.45) is 14.1 Å². The number of aryl methyl sites for hydroxylation is 2. The normalized spacial score (nSPS) is 11.2. The molecule has 40 heavy (non-hydrogen) atoms. The topological polar surface area (TPSA) is 61.9 Å². The minimum absolute atomic E-state index is 0.518. The largest absolute Gasteiger partial charge is 0.489 e. The van der Waals surface area contributed by atoms with Gasteiger partial charge in [-0.05, 0) is 35.0 Å². The number of ether oxygens (including phenoxy) is 2. The molecule has 200 valence electrons. The van der Waals surface area contributed by atoms with Crippen LogP contribution in [-0.2, 0) is 27.2 Å². The summed E-state index contributed by atoms with van der Waals surface area (Å²) in [5.41, 5.74) is 4.41. The zero-order chi connectivity index (χ0) is 27.3. The highest BCUT2D eigenvalue weighted by atomic mass is 16.5. The smallest absolute Gasteiger partial charge is 0.197 e. The van der Waals surface area contributed by atoms with Crippen molar-refractivity contribution in [1.82, 2.24) is 19.8 Å². The van der Waals surface area contributed by atoms with Crippen molar-refractivity contribution in [3.8, 4) is 34.0 Å². The molecule has 0 amide bonds. The molecule has 0 saturated carbocycles. The Bertz CT molecular complexity index is 1600. The van der Waals surface area contributed by atoms with Crippen LogP contribution in [0.15, 0.2) is 109 Å². The van der Waals surface area contributed by atoms with E-state index in [1.165, 1.54) is 0 Å². The maximum absolute atomic E-state index is 6.08. The summed E-state index contributed by atoms with van der Waals surface area (Å²) in [5.74, 6) is 1.64. The molecular weight excluding hydrogens is 500 g/mol. The number of nitrogens with zero attached hydrogens (tertiary/aromatic N) is 6. The molecule has 0 spiro atoms. The second-order valence-corrected chi connectivity index (χ2v) is 9.68. The molecule has 2 aromatic heterocycles. The van der Waals surface area contributed by atoms with Gasteiger partial charge in [-0.3, -0.25) is 0 Å². The summed E-state index contributed by atoms with van der Waals surface area (Å²) in [6, 6.07) is 32.8. The highest BCUT2D eigenvalue weighted by molar-refractivity contribution is 5.85. The fourth-order valence-electron chi connectivity index (χ4n) is 4.80. The Morgan fingerprint density at radius 3 is 1.48 bits per heavy atom. The lowest BCUT2D eigenvalue weighted by Crippen LogP contribution is -2.38. The van der Waals surface area contributed by atoms with E-state index in [0.29, 0.717) is 26.3 Å². The van der Waals surface area contributed by atoms with E-state index in [1.807, 2.05) is 81.4 Å². The molecule has 0 aliphatic heterocycles. The van der Waals surface area contributed by atoms with Gasteiger partial charge in [-0.1, -0.05) is 72.8 Å². The second kappa shape index (κ2) is 11.4. The van der Waals surface area contributed by atoms with Crippen molar-refractivity contribution in [2.45, 2.75) is 13.1 Å². The van der Waals surface area contributed by atoms with Crippen LogP contribution in [0.2, 0.25) is 0 Å². The third kappa shape index (κ3) is 5.71. The predicted molar refractivity (Wildman–Crippen MR) is 153 cm³/mol. The molecule has 0 radical (unpaired) electrons. The zero-order valence-corrected chi connectivity index (χ0v) is 22.7. The molecule has 8 heteroatoms. The van der Waals surface area contributed by atoms with Crippen LogP contribution in [0.1, 0.15) is 0 Å². The van der Waals surface area contributed by atoms with Crippen molar-refractivity contribution < 1.29 is 18.8 Å². The van der Waals surface area contributed by atoms with E-state index in [-0.39, 0.29) is 0 Å². The highest BCUT2D eigenvalue weighted by Gasteiger charge is 2.15. The minimum atomic E-state index is 0.518. The Kier molecular flexibility index (Phi) is 7.22. The zero-order valence-electron chi connectivity index (χ0n) is 22.7. The Morgan fingerprint density at radius 1 is 0.575 bits per heavy atom. The first-order valence-electron chi connectivity index (χ1n) is 13.4. The molecule has 0 N–H and O–H groups in total. The number of aromatic nitrogens is 6. The molecule has 0 atom stereocenters. The first-order valence-corrected chi connectivity index (χ1v) is 13.4. The van der Waals surface area contributed by atoms with Gasteiger partial charge in [0.25, 0.3) is 0 Å². The van der Waals surface area contributed by atoms with E-state index < -0.39 is 0 Å². The maximum atomic E-state index is 6.08. The monoisotopic (exact) mass is 532 g/mol. The van der Waals surface area contributed by atoms with E-state index >= 15 is 0 Å². The van der Waals surface area contributed by atoms with Crippen LogP contribution >= 0.6 is 0 Å². The van der Waals surface area contributed by atoms with Gasteiger partial charge >= 0.3 is 0 Å². The first kappa shape index (κ1) is 25.3. The van der Waals surface area contributed by atoms with Crippen molar-refractivity contribution in [2.75, 3.05) is 13.2 Å². The van der Waals surface area contributed by atoms with Crippen LogP contribution in [-0.4, -0.2) is 33.0 Å². The van der Waals surface area contributed by atoms with E-state index in [1.54, 1.807) is 0 Å². The van der Waals surface area contributed by atoms with E-state index in [2.05, 4.69) is 71.4 Å². The molecule has 2 heterocycles. The van der Waals surface area contributed by atoms with E-state index in [0.717, 1.165) is 44.8 Å². The van der Waals surface area contributed by atoms with Gasteiger partial charge in [0.2, 0.25) is 0 Å². The van der Waals surface area contributed by atoms with Crippen LogP contribution in [0.5, 0.6) is 11.5 Å². The van der Waals surface area contributed by atoms with Crippen molar-refractivity contribution >= 4 is 10.8 Å². The van der Waals surface area contributed by atoms with Gasteiger partial charge in [0, 0.05) is 11.1 Å². The molecule has 0 aliphatic carbocycles. The van der Waals surface area contributed by atoms with Gasteiger partial charge in [-0.2, -0.15) is 0 Å². The van der Waals surface area contributed by atoms with Gasteiger partial charge in [0.15, 0.2) is 23.8 Å². The standard InChI is InChI=1S/C32H32N6O2/c1-35-31(26-9-5-3-6-10-26)23-37(33-35)17-19-39-29-15-13-25-14-16-30(22-28(25)21-29)40-20-18-38-24-32(36(2)34-38)27-11-7-4-8-12-27/h3-16,21-24H,17-20H2,1-2H3/q+2. The van der Waals surface area contributed by atoms with Crippen LogP contribution < -0.4 is 18.8 Å². The van der Waals surface area contributed by atoms with Crippen molar-refractivity contribution in [3.63, 3.8) is 0 Å².